The van der Waals surface area contributed by atoms with Gasteiger partial charge in [-0.25, -0.2) is 0 Å². The molecule has 120 valence electrons. The fourth-order valence-electron chi connectivity index (χ4n) is 2.33. The molecule has 4 heteroatoms. The molecule has 1 aromatic carbocycles. The summed E-state index contributed by atoms with van der Waals surface area (Å²) in [7, 11) is 1.87. The van der Waals surface area contributed by atoms with Crippen molar-refractivity contribution in [3.05, 3.63) is 35.4 Å². The molecule has 2 atom stereocenters. The molecule has 0 aromatic heterocycles. The van der Waals surface area contributed by atoms with Gasteiger partial charge >= 0.3 is 0 Å². The van der Waals surface area contributed by atoms with Crippen molar-refractivity contribution in [1.82, 2.24) is 10.6 Å². The first-order chi connectivity index (χ1) is 9.25. The summed E-state index contributed by atoms with van der Waals surface area (Å²) in [5, 5.41) is 6.25. The second kappa shape index (κ2) is 8.40. The van der Waals surface area contributed by atoms with E-state index in [0.717, 1.165) is 0 Å². The molecule has 0 heterocycles. The van der Waals surface area contributed by atoms with Gasteiger partial charge in [0, 0.05) is 12.5 Å². The van der Waals surface area contributed by atoms with Crippen LogP contribution < -0.4 is 10.6 Å². The summed E-state index contributed by atoms with van der Waals surface area (Å²) in [5.74, 6) is 0.0652. The maximum absolute atomic E-state index is 12.3. The average molecular weight is 313 g/mol. The Labute approximate surface area is 135 Å². The van der Waals surface area contributed by atoms with E-state index in [9.17, 15) is 4.79 Å². The summed E-state index contributed by atoms with van der Waals surface area (Å²) >= 11 is 0. The van der Waals surface area contributed by atoms with E-state index in [4.69, 9.17) is 0 Å². The van der Waals surface area contributed by atoms with Crippen molar-refractivity contribution in [3.63, 3.8) is 0 Å². The molecule has 0 saturated carbocycles. The van der Waals surface area contributed by atoms with Gasteiger partial charge in [-0.05, 0) is 24.9 Å². The van der Waals surface area contributed by atoms with Crippen molar-refractivity contribution < 1.29 is 4.79 Å². The standard InChI is InChI=1S/C17H28N2O.ClH/c1-12-8-7-9-14(10-12)15(17(3,4)5)19-16(20)13(2)11-18-6;/h7-10,13,15,18H,11H2,1-6H3,(H,19,20);1H. The zero-order valence-electron chi connectivity index (χ0n) is 14.0. The second-order valence-electron chi connectivity index (χ2n) is 6.68. The highest BCUT2D eigenvalue weighted by molar-refractivity contribution is 5.85. The third kappa shape index (κ3) is 6.06. The Morgan fingerprint density at radius 1 is 1.29 bits per heavy atom. The molecule has 2 N–H and O–H groups in total. The summed E-state index contributed by atoms with van der Waals surface area (Å²) in [5.41, 5.74) is 2.36. The molecule has 0 fully saturated rings. The predicted octanol–water partition coefficient (Wildman–Crippen LogP) is 3.48. The van der Waals surface area contributed by atoms with Gasteiger partial charge < -0.3 is 10.6 Å². The fraction of sp³-hybridized carbons (Fsp3) is 0.588. The van der Waals surface area contributed by atoms with E-state index < -0.39 is 0 Å². The van der Waals surface area contributed by atoms with Crippen molar-refractivity contribution >= 4 is 18.3 Å². The largest absolute Gasteiger partial charge is 0.348 e. The van der Waals surface area contributed by atoms with Gasteiger partial charge in [0.2, 0.25) is 5.91 Å². The molecule has 1 aromatic rings. The van der Waals surface area contributed by atoms with E-state index in [1.807, 2.05) is 20.0 Å². The SMILES string of the molecule is CNCC(C)C(=O)NC(c1cccc(C)c1)C(C)(C)C.Cl. The fourth-order valence-corrected chi connectivity index (χ4v) is 2.33. The minimum Gasteiger partial charge on any atom is -0.348 e. The van der Waals surface area contributed by atoms with Gasteiger partial charge in [-0.2, -0.15) is 0 Å². The normalized spacial score (nSPS) is 14.0. The van der Waals surface area contributed by atoms with E-state index >= 15 is 0 Å². The molecule has 0 radical (unpaired) electrons. The molecule has 0 spiro atoms. The highest BCUT2D eigenvalue weighted by Gasteiger charge is 2.29. The quantitative estimate of drug-likeness (QED) is 0.874. The molecule has 0 aliphatic heterocycles. The van der Waals surface area contributed by atoms with E-state index in [2.05, 4.69) is 56.5 Å². The lowest BCUT2D eigenvalue weighted by Gasteiger charge is -2.33. The number of hydrogen-bond acceptors (Lipinski definition) is 2. The van der Waals surface area contributed by atoms with Crippen molar-refractivity contribution in [2.45, 2.75) is 40.7 Å². The summed E-state index contributed by atoms with van der Waals surface area (Å²) in [6.45, 7) is 11.2. The van der Waals surface area contributed by atoms with Gasteiger partial charge in [-0.1, -0.05) is 57.5 Å². The second-order valence-corrected chi connectivity index (χ2v) is 6.68. The van der Waals surface area contributed by atoms with Crippen LogP contribution in [0.4, 0.5) is 0 Å². The minimum absolute atomic E-state index is 0. The zero-order chi connectivity index (χ0) is 15.3. The van der Waals surface area contributed by atoms with Crippen molar-refractivity contribution in [2.75, 3.05) is 13.6 Å². The van der Waals surface area contributed by atoms with Crippen LogP contribution in [0.5, 0.6) is 0 Å². The van der Waals surface area contributed by atoms with Crippen LogP contribution in [0.25, 0.3) is 0 Å². The topological polar surface area (TPSA) is 41.1 Å². The lowest BCUT2D eigenvalue weighted by atomic mass is 9.81. The first-order valence-corrected chi connectivity index (χ1v) is 7.27. The van der Waals surface area contributed by atoms with Crippen LogP contribution >= 0.6 is 12.4 Å². The molecular formula is C17H29ClN2O. The average Bonchev–Trinajstić information content (AvgIpc) is 2.34. The third-order valence-corrected chi connectivity index (χ3v) is 3.49. The number of amides is 1. The molecule has 0 saturated heterocycles. The number of halogens is 1. The Morgan fingerprint density at radius 2 is 1.90 bits per heavy atom. The van der Waals surface area contributed by atoms with E-state index in [0.29, 0.717) is 6.54 Å². The number of hydrogen-bond donors (Lipinski definition) is 2. The van der Waals surface area contributed by atoms with E-state index in [-0.39, 0.29) is 35.7 Å². The third-order valence-electron chi connectivity index (χ3n) is 3.49. The summed E-state index contributed by atoms with van der Waals surface area (Å²) in [6, 6.07) is 8.39. The van der Waals surface area contributed by atoms with Gasteiger partial charge in [0.05, 0.1) is 6.04 Å². The van der Waals surface area contributed by atoms with Crippen molar-refractivity contribution in [2.24, 2.45) is 11.3 Å². The van der Waals surface area contributed by atoms with E-state index in [1.54, 1.807) is 0 Å². The van der Waals surface area contributed by atoms with E-state index in [1.165, 1.54) is 11.1 Å². The van der Waals surface area contributed by atoms with Gasteiger partial charge in [0.15, 0.2) is 0 Å². The number of aryl methyl sites for hydroxylation is 1. The van der Waals surface area contributed by atoms with Gasteiger partial charge in [0.25, 0.3) is 0 Å². The van der Waals surface area contributed by atoms with Crippen molar-refractivity contribution in [1.29, 1.82) is 0 Å². The van der Waals surface area contributed by atoms with Crippen LogP contribution in [0.2, 0.25) is 0 Å². The zero-order valence-corrected chi connectivity index (χ0v) is 14.8. The van der Waals surface area contributed by atoms with Gasteiger partial charge in [-0.3, -0.25) is 4.79 Å². The molecule has 2 unspecified atom stereocenters. The first kappa shape index (κ1) is 19.9. The Kier molecular flexibility index (Phi) is 7.98. The Morgan fingerprint density at radius 3 is 2.38 bits per heavy atom. The maximum Gasteiger partial charge on any atom is 0.224 e. The lowest BCUT2D eigenvalue weighted by Crippen LogP contribution is -2.41. The van der Waals surface area contributed by atoms with Gasteiger partial charge in [-0.15, -0.1) is 12.4 Å². The highest BCUT2D eigenvalue weighted by Crippen LogP contribution is 2.33. The Hall–Kier alpha value is -1.06. The van der Waals surface area contributed by atoms with Gasteiger partial charge in [0.1, 0.15) is 0 Å². The highest BCUT2D eigenvalue weighted by atomic mass is 35.5. The number of nitrogens with one attached hydrogen (secondary N) is 2. The number of benzene rings is 1. The Bertz CT molecular complexity index is 454. The smallest absolute Gasteiger partial charge is 0.224 e. The first-order valence-electron chi connectivity index (χ1n) is 7.27. The van der Waals surface area contributed by atoms with Crippen LogP contribution in [-0.2, 0) is 4.79 Å². The predicted molar refractivity (Wildman–Crippen MR) is 91.9 cm³/mol. The minimum atomic E-state index is -0.0327. The van der Waals surface area contributed by atoms with Crippen LogP contribution in [0.1, 0.15) is 44.9 Å². The summed E-state index contributed by atoms with van der Waals surface area (Å²) in [6.07, 6.45) is 0. The molecule has 21 heavy (non-hydrogen) atoms. The van der Waals surface area contributed by atoms with Crippen LogP contribution in [0, 0.1) is 18.3 Å². The van der Waals surface area contributed by atoms with Crippen LogP contribution in [0.15, 0.2) is 24.3 Å². The molecule has 0 bridgehead atoms. The summed E-state index contributed by atoms with van der Waals surface area (Å²) < 4.78 is 0. The van der Waals surface area contributed by atoms with Crippen LogP contribution in [-0.4, -0.2) is 19.5 Å². The molecule has 1 rings (SSSR count). The number of carbonyl (C=O) groups is 1. The molecule has 1 amide bonds. The molecule has 3 nitrogen and oxygen atoms in total. The maximum atomic E-state index is 12.3. The molecule has 0 aliphatic rings. The number of carbonyl (C=O) groups excluding carboxylic acids is 1. The lowest BCUT2D eigenvalue weighted by molar-refractivity contribution is -0.125. The molecular weight excluding hydrogens is 284 g/mol. The Balaban J connectivity index is 0.00000400. The monoisotopic (exact) mass is 312 g/mol. The van der Waals surface area contributed by atoms with Crippen LogP contribution in [0.3, 0.4) is 0 Å². The number of rotatable bonds is 5. The molecule has 0 aliphatic carbocycles. The van der Waals surface area contributed by atoms with Crippen molar-refractivity contribution in [3.8, 4) is 0 Å². The summed E-state index contributed by atoms with van der Waals surface area (Å²) in [4.78, 5) is 12.3.